The molecule has 2 aromatic heterocycles. The first kappa shape index (κ1) is 18.2. The highest BCUT2D eigenvalue weighted by atomic mass is 19.1. The summed E-state index contributed by atoms with van der Waals surface area (Å²) >= 11 is 0. The summed E-state index contributed by atoms with van der Waals surface area (Å²) in [5.41, 5.74) is 6.88. The Labute approximate surface area is 164 Å². The second-order valence-electron chi connectivity index (χ2n) is 7.23. The Bertz CT molecular complexity index is 1110. The molecule has 0 spiro atoms. The van der Waals surface area contributed by atoms with Crippen molar-refractivity contribution in [3.8, 4) is 5.75 Å². The van der Waals surface area contributed by atoms with Gasteiger partial charge in [0.05, 0.1) is 11.7 Å². The molecule has 0 atom stereocenters. The number of rotatable bonds is 5. The van der Waals surface area contributed by atoms with Gasteiger partial charge >= 0.3 is 0 Å². The van der Waals surface area contributed by atoms with Gasteiger partial charge in [-0.2, -0.15) is 0 Å². The van der Waals surface area contributed by atoms with Crippen molar-refractivity contribution in [3.63, 3.8) is 0 Å². The molecule has 0 aliphatic carbocycles. The fourth-order valence-corrected chi connectivity index (χ4v) is 3.47. The van der Waals surface area contributed by atoms with E-state index < -0.39 is 0 Å². The van der Waals surface area contributed by atoms with E-state index in [1.165, 1.54) is 34.5 Å². The van der Waals surface area contributed by atoms with Crippen LogP contribution in [-0.2, 0) is 13.2 Å². The zero-order valence-electron chi connectivity index (χ0n) is 16.4. The van der Waals surface area contributed by atoms with Crippen LogP contribution in [0.25, 0.3) is 10.9 Å². The third-order valence-electron chi connectivity index (χ3n) is 5.27. The molecule has 0 saturated carbocycles. The van der Waals surface area contributed by atoms with Crippen LogP contribution in [0.4, 0.5) is 4.39 Å². The fourth-order valence-electron chi connectivity index (χ4n) is 3.47. The van der Waals surface area contributed by atoms with Crippen LogP contribution >= 0.6 is 0 Å². The normalized spacial score (nSPS) is 11.1. The van der Waals surface area contributed by atoms with E-state index in [0.29, 0.717) is 6.61 Å². The van der Waals surface area contributed by atoms with Crippen LogP contribution in [-0.4, -0.2) is 9.55 Å². The summed E-state index contributed by atoms with van der Waals surface area (Å²) in [6.45, 7) is 7.49. The molecule has 2 heterocycles. The SMILES string of the molecule is Cc1ccc(Cn2c(C)c(C)c3cncc(OCc4ccc(F)cc4)c32)cc1. The number of halogens is 1. The highest BCUT2D eigenvalue weighted by Gasteiger charge is 2.16. The van der Waals surface area contributed by atoms with Gasteiger partial charge < -0.3 is 9.30 Å². The average molecular weight is 374 g/mol. The van der Waals surface area contributed by atoms with Crippen LogP contribution in [0.5, 0.6) is 5.75 Å². The summed E-state index contributed by atoms with van der Waals surface area (Å²) < 4.78 is 21.5. The summed E-state index contributed by atoms with van der Waals surface area (Å²) in [6, 6.07) is 15.0. The first-order valence-electron chi connectivity index (χ1n) is 9.39. The van der Waals surface area contributed by atoms with Crippen LogP contribution in [0.2, 0.25) is 0 Å². The number of nitrogens with zero attached hydrogens (tertiary/aromatic N) is 2. The summed E-state index contributed by atoms with van der Waals surface area (Å²) in [5.74, 6) is 0.496. The molecule has 0 saturated heterocycles. The maximum atomic E-state index is 13.1. The largest absolute Gasteiger partial charge is 0.485 e. The van der Waals surface area contributed by atoms with Crippen LogP contribution < -0.4 is 4.74 Å². The second-order valence-corrected chi connectivity index (χ2v) is 7.23. The minimum Gasteiger partial charge on any atom is -0.485 e. The zero-order valence-corrected chi connectivity index (χ0v) is 16.4. The molecule has 0 aliphatic heterocycles. The van der Waals surface area contributed by atoms with Crippen LogP contribution in [0.3, 0.4) is 0 Å². The molecule has 4 rings (SSSR count). The van der Waals surface area contributed by atoms with Gasteiger partial charge in [0, 0.05) is 23.8 Å². The lowest BCUT2D eigenvalue weighted by atomic mass is 10.1. The average Bonchev–Trinajstić information content (AvgIpc) is 2.95. The molecule has 0 fully saturated rings. The minimum atomic E-state index is -0.245. The van der Waals surface area contributed by atoms with Crippen molar-refractivity contribution in [3.05, 3.63) is 94.7 Å². The van der Waals surface area contributed by atoms with E-state index in [1.807, 2.05) is 6.20 Å². The van der Waals surface area contributed by atoms with E-state index in [2.05, 4.69) is 54.6 Å². The van der Waals surface area contributed by atoms with E-state index in [4.69, 9.17) is 4.74 Å². The Morgan fingerprint density at radius 1 is 0.893 bits per heavy atom. The van der Waals surface area contributed by atoms with Crippen molar-refractivity contribution in [2.24, 2.45) is 0 Å². The van der Waals surface area contributed by atoms with Crippen molar-refractivity contribution in [2.75, 3.05) is 0 Å². The molecular formula is C24H23FN2O. The third-order valence-corrected chi connectivity index (χ3v) is 5.27. The van der Waals surface area contributed by atoms with Gasteiger partial charge in [0.15, 0.2) is 5.75 Å². The van der Waals surface area contributed by atoms with E-state index in [1.54, 1.807) is 18.3 Å². The molecule has 0 unspecified atom stereocenters. The Morgan fingerprint density at radius 3 is 2.29 bits per heavy atom. The standard InChI is InChI=1S/C24H23FN2O/c1-16-4-6-19(7-5-16)14-27-18(3)17(2)22-12-26-13-23(24(22)27)28-15-20-8-10-21(25)11-9-20/h4-13H,14-15H2,1-3H3. The van der Waals surface area contributed by atoms with Gasteiger partial charge in [-0.15, -0.1) is 0 Å². The van der Waals surface area contributed by atoms with Crippen LogP contribution in [0, 0.1) is 26.6 Å². The second kappa shape index (κ2) is 7.47. The first-order chi connectivity index (χ1) is 13.5. The molecule has 0 aliphatic rings. The zero-order chi connectivity index (χ0) is 19.7. The molecule has 4 heteroatoms. The van der Waals surface area contributed by atoms with Crippen molar-refractivity contribution < 1.29 is 9.13 Å². The summed E-state index contributed by atoms with van der Waals surface area (Å²) in [4.78, 5) is 4.37. The van der Waals surface area contributed by atoms with Crippen molar-refractivity contribution in [2.45, 2.75) is 33.9 Å². The lowest BCUT2D eigenvalue weighted by molar-refractivity contribution is 0.307. The molecule has 142 valence electrons. The minimum absolute atomic E-state index is 0.245. The topological polar surface area (TPSA) is 27.1 Å². The summed E-state index contributed by atoms with van der Waals surface area (Å²) in [6.07, 6.45) is 3.66. The fraction of sp³-hybridized carbons (Fsp3) is 0.208. The van der Waals surface area contributed by atoms with Crippen molar-refractivity contribution in [1.29, 1.82) is 0 Å². The van der Waals surface area contributed by atoms with E-state index in [9.17, 15) is 4.39 Å². The molecule has 0 amide bonds. The van der Waals surface area contributed by atoms with Gasteiger partial charge in [-0.1, -0.05) is 42.0 Å². The smallest absolute Gasteiger partial charge is 0.162 e. The van der Waals surface area contributed by atoms with E-state index in [0.717, 1.165) is 28.8 Å². The van der Waals surface area contributed by atoms with E-state index in [-0.39, 0.29) is 5.82 Å². The van der Waals surface area contributed by atoms with Crippen molar-refractivity contribution >= 4 is 10.9 Å². The van der Waals surface area contributed by atoms with E-state index >= 15 is 0 Å². The van der Waals surface area contributed by atoms with Gasteiger partial charge in [0.2, 0.25) is 0 Å². The van der Waals surface area contributed by atoms with Crippen molar-refractivity contribution in [1.82, 2.24) is 9.55 Å². The number of hydrogen-bond acceptors (Lipinski definition) is 2. The quantitative estimate of drug-likeness (QED) is 0.446. The molecule has 0 radical (unpaired) electrons. The summed E-state index contributed by atoms with van der Waals surface area (Å²) in [7, 11) is 0. The highest BCUT2D eigenvalue weighted by molar-refractivity contribution is 5.89. The molecule has 28 heavy (non-hydrogen) atoms. The Balaban J connectivity index is 1.71. The maximum absolute atomic E-state index is 13.1. The van der Waals surface area contributed by atoms with Gasteiger partial charge in [0.25, 0.3) is 0 Å². The Morgan fingerprint density at radius 2 is 1.57 bits per heavy atom. The molecule has 4 aromatic rings. The lowest BCUT2D eigenvalue weighted by Crippen LogP contribution is -2.04. The first-order valence-corrected chi connectivity index (χ1v) is 9.39. The number of benzene rings is 2. The Hall–Kier alpha value is -3.14. The predicted molar refractivity (Wildman–Crippen MR) is 110 cm³/mol. The number of pyridine rings is 1. The number of hydrogen-bond donors (Lipinski definition) is 0. The van der Waals surface area contributed by atoms with Gasteiger partial charge in [-0.05, 0) is 49.6 Å². The monoisotopic (exact) mass is 374 g/mol. The molecule has 2 aromatic carbocycles. The third kappa shape index (κ3) is 3.50. The van der Waals surface area contributed by atoms with Gasteiger partial charge in [0.1, 0.15) is 12.4 Å². The molecule has 3 nitrogen and oxygen atoms in total. The highest BCUT2D eigenvalue weighted by Crippen LogP contribution is 2.32. The lowest BCUT2D eigenvalue weighted by Gasteiger charge is -2.13. The number of fused-ring (bicyclic) bond motifs is 1. The predicted octanol–water partition coefficient (Wildman–Crippen LogP) is 5.73. The van der Waals surface area contributed by atoms with Crippen LogP contribution in [0.15, 0.2) is 60.9 Å². The molecular weight excluding hydrogens is 351 g/mol. The number of aromatic nitrogens is 2. The number of aryl methyl sites for hydroxylation is 2. The summed E-state index contributed by atoms with van der Waals surface area (Å²) in [5, 5.41) is 1.10. The molecule has 0 bridgehead atoms. The van der Waals surface area contributed by atoms with Gasteiger partial charge in [-0.3, -0.25) is 4.98 Å². The Kier molecular flexibility index (Phi) is 4.86. The van der Waals surface area contributed by atoms with Gasteiger partial charge in [-0.25, -0.2) is 4.39 Å². The van der Waals surface area contributed by atoms with Crippen LogP contribution in [0.1, 0.15) is 27.9 Å². The molecule has 0 N–H and O–H groups in total. The maximum Gasteiger partial charge on any atom is 0.162 e. The number of ether oxygens (including phenoxy) is 1.